The predicted molar refractivity (Wildman–Crippen MR) is 88.9 cm³/mol. The van der Waals surface area contributed by atoms with E-state index in [4.69, 9.17) is 16.0 Å². The lowest BCUT2D eigenvalue weighted by atomic mass is 9.86. The van der Waals surface area contributed by atoms with E-state index in [-0.39, 0.29) is 11.9 Å². The molecule has 0 bridgehead atoms. The fraction of sp³-hybridized carbons (Fsp3) is 0.412. The number of aromatic nitrogens is 1. The minimum Gasteiger partial charge on any atom is -0.431 e. The molecule has 0 saturated carbocycles. The molecule has 5 heteroatoms. The largest absolute Gasteiger partial charge is 0.431 e. The molecule has 1 amide bonds. The summed E-state index contributed by atoms with van der Waals surface area (Å²) in [7, 11) is 0. The second-order valence-electron chi connectivity index (χ2n) is 5.99. The maximum absolute atomic E-state index is 12.3. The highest BCUT2D eigenvalue weighted by atomic mass is 35.5. The number of hydrogen-bond acceptors (Lipinski definition) is 3. The molecule has 0 spiro atoms. The Labute approximate surface area is 135 Å². The number of halogens is 1. The topological polar surface area (TPSA) is 55.1 Å². The first-order chi connectivity index (χ1) is 10.4. The van der Waals surface area contributed by atoms with E-state index in [2.05, 4.69) is 17.2 Å². The Morgan fingerprint density at radius 2 is 2.00 bits per heavy atom. The Hall–Kier alpha value is -1.81. The van der Waals surface area contributed by atoms with Crippen LogP contribution in [0.3, 0.4) is 0 Å². The van der Waals surface area contributed by atoms with Crippen molar-refractivity contribution in [2.45, 2.75) is 40.0 Å². The number of hydrogen-bond donors (Lipinski definition) is 1. The van der Waals surface area contributed by atoms with Gasteiger partial charge in [0.25, 0.3) is 0 Å². The molecule has 22 heavy (non-hydrogen) atoms. The molecule has 4 nitrogen and oxygen atoms in total. The number of oxazole rings is 1. The lowest BCUT2D eigenvalue weighted by molar-refractivity contribution is -0.124. The fourth-order valence-corrected chi connectivity index (χ4v) is 2.21. The summed E-state index contributed by atoms with van der Waals surface area (Å²) >= 11 is 5.86. The van der Waals surface area contributed by atoms with Gasteiger partial charge in [-0.25, -0.2) is 0 Å². The van der Waals surface area contributed by atoms with Gasteiger partial charge in [-0.3, -0.25) is 10.1 Å². The summed E-state index contributed by atoms with van der Waals surface area (Å²) in [4.78, 5) is 16.6. The third-order valence-corrected chi connectivity index (χ3v) is 3.89. The SMILES string of the molecule is CCCCC(C)(C)C(=O)Nc1nc(-c2ccc(Cl)cc2)co1. The van der Waals surface area contributed by atoms with Crippen molar-refractivity contribution in [2.75, 3.05) is 5.32 Å². The number of nitrogens with one attached hydrogen (secondary N) is 1. The number of unbranched alkanes of at least 4 members (excludes halogenated alkanes) is 1. The quantitative estimate of drug-likeness (QED) is 0.800. The Bertz CT molecular complexity index is 632. The summed E-state index contributed by atoms with van der Waals surface area (Å²) in [5.74, 6) is -0.0783. The van der Waals surface area contributed by atoms with E-state index in [0.717, 1.165) is 24.8 Å². The summed E-state index contributed by atoms with van der Waals surface area (Å²) in [6, 6.07) is 7.52. The molecular formula is C17H21ClN2O2. The molecule has 1 N–H and O–H groups in total. The number of benzene rings is 1. The fourth-order valence-electron chi connectivity index (χ4n) is 2.08. The van der Waals surface area contributed by atoms with Gasteiger partial charge in [-0.15, -0.1) is 0 Å². The van der Waals surface area contributed by atoms with Crippen LogP contribution in [0.4, 0.5) is 6.01 Å². The van der Waals surface area contributed by atoms with Gasteiger partial charge in [0, 0.05) is 16.0 Å². The lowest BCUT2D eigenvalue weighted by Crippen LogP contribution is -2.30. The highest BCUT2D eigenvalue weighted by Gasteiger charge is 2.28. The first kappa shape index (κ1) is 16.6. The van der Waals surface area contributed by atoms with Gasteiger partial charge in [-0.1, -0.05) is 57.3 Å². The van der Waals surface area contributed by atoms with Gasteiger partial charge in [0.05, 0.1) is 0 Å². The monoisotopic (exact) mass is 320 g/mol. The smallest absolute Gasteiger partial charge is 0.301 e. The number of anilines is 1. The molecule has 2 aromatic rings. The molecule has 1 aromatic heterocycles. The zero-order chi connectivity index (χ0) is 16.2. The summed E-state index contributed by atoms with van der Waals surface area (Å²) in [5.41, 5.74) is 1.11. The van der Waals surface area contributed by atoms with Gasteiger partial charge >= 0.3 is 6.01 Å². The second kappa shape index (κ2) is 6.97. The molecule has 1 aromatic carbocycles. The first-order valence-corrected chi connectivity index (χ1v) is 7.83. The first-order valence-electron chi connectivity index (χ1n) is 7.45. The summed E-state index contributed by atoms with van der Waals surface area (Å²) in [6.45, 7) is 5.97. The molecule has 118 valence electrons. The van der Waals surface area contributed by atoms with Crippen LogP contribution in [0.15, 0.2) is 34.9 Å². The van der Waals surface area contributed by atoms with Crippen LogP contribution in [-0.2, 0) is 4.79 Å². The highest BCUT2D eigenvalue weighted by Crippen LogP contribution is 2.27. The van der Waals surface area contributed by atoms with Crippen molar-refractivity contribution in [2.24, 2.45) is 5.41 Å². The van der Waals surface area contributed by atoms with Crippen molar-refractivity contribution in [3.8, 4) is 11.3 Å². The van der Waals surface area contributed by atoms with Crippen LogP contribution in [0.25, 0.3) is 11.3 Å². The maximum Gasteiger partial charge on any atom is 0.301 e. The second-order valence-corrected chi connectivity index (χ2v) is 6.42. The molecule has 0 radical (unpaired) electrons. The Balaban J connectivity index is 2.05. The molecule has 0 saturated heterocycles. The van der Waals surface area contributed by atoms with Crippen molar-refractivity contribution in [3.05, 3.63) is 35.6 Å². The molecule has 0 aliphatic heterocycles. The van der Waals surface area contributed by atoms with Gasteiger partial charge in [0.2, 0.25) is 5.91 Å². The van der Waals surface area contributed by atoms with Crippen LogP contribution in [0, 0.1) is 5.41 Å². The van der Waals surface area contributed by atoms with Crippen LogP contribution in [0.1, 0.15) is 40.0 Å². The number of amides is 1. The van der Waals surface area contributed by atoms with Crippen molar-refractivity contribution in [3.63, 3.8) is 0 Å². The van der Waals surface area contributed by atoms with E-state index in [1.54, 1.807) is 12.1 Å². The maximum atomic E-state index is 12.3. The van der Waals surface area contributed by atoms with E-state index in [1.807, 2.05) is 26.0 Å². The minimum atomic E-state index is -0.440. The summed E-state index contributed by atoms with van der Waals surface area (Å²) in [6.07, 6.45) is 4.44. The lowest BCUT2D eigenvalue weighted by Gasteiger charge is -2.22. The van der Waals surface area contributed by atoms with Crippen molar-refractivity contribution < 1.29 is 9.21 Å². The van der Waals surface area contributed by atoms with Gasteiger partial charge in [-0.05, 0) is 18.6 Å². The average Bonchev–Trinajstić information content (AvgIpc) is 2.94. The molecular weight excluding hydrogens is 300 g/mol. The van der Waals surface area contributed by atoms with E-state index in [1.165, 1.54) is 6.26 Å². The summed E-state index contributed by atoms with van der Waals surface area (Å²) in [5, 5.41) is 3.42. The van der Waals surface area contributed by atoms with Crippen molar-refractivity contribution >= 4 is 23.5 Å². The van der Waals surface area contributed by atoms with Gasteiger partial charge in [0.15, 0.2) is 0 Å². The Morgan fingerprint density at radius 1 is 1.32 bits per heavy atom. The third kappa shape index (κ3) is 4.10. The van der Waals surface area contributed by atoms with Crippen molar-refractivity contribution in [1.82, 2.24) is 4.98 Å². The molecule has 0 unspecified atom stereocenters. The molecule has 2 rings (SSSR count). The third-order valence-electron chi connectivity index (χ3n) is 3.63. The minimum absolute atomic E-state index is 0.0783. The Kier molecular flexibility index (Phi) is 5.24. The zero-order valence-electron chi connectivity index (χ0n) is 13.1. The Morgan fingerprint density at radius 3 is 2.64 bits per heavy atom. The van der Waals surface area contributed by atoms with E-state index in [9.17, 15) is 4.79 Å². The average molecular weight is 321 g/mol. The van der Waals surface area contributed by atoms with Crippen LogP contribution < -0.4 is 5.32 Å². The molecule has 0 aliphatic carbocycles. The van der Waals surface area contributed by atoms with E-state index >= 15 is 0 Å². The normalized spacial score (nSPS) is 11.5. The number of nitrogens with zero attached hydrogens (tertiary/aromatic N) is 1. The van der Waals surface area contributed by atoms with E-state index in [0.29, 0.717) is 10.7 Å². The number of carbonyl (C=O) groups excluding carboxylic acids is 1. The standard InChI is InChI=1S/C17H21ClN2O2/c1-4-5-10-17(2,3)15(21)20-16-19-14(11-22-16)12-6-8-13(18)9-7-12/h6-9,11H,4-5,10H2,1-3H3,(H,19,20,21). The molecule has 0 fully saturated rings. The van der Waals surface area contributed by atoms with Gasteiger partial charge in [-0.2, -0.15) is 4.98 Å². The van der Waals surface area contributed by atoms with Gasteiger partial charge < -0.3 is 4.42 Å². The zero-order valence-corrected chi connectivity index (χ0v) is 13.9. The highest BCUT2D eigenvalue weighted by molar-refractivity contribution is 6.30. The van der Waals surface area contributed by atoms with Crippen molar-refractivity contribution in [1.29, 1.82) is 0 Å². The van der Waals surface area contributed by atoms with Crippen LogP contribution >= 0.6 is 11.6 Å². The summed E-state index contributed by atoms with van der Waals surface area (Å²) < 4.78 is 5.34. The van der Waals surface area contributed by atoms with Gasteiger partial charge in [0.1, 0.15) is 12.0 Å². The van der Waals surface area contributed by atoms with Crippen LogP contribution in [0.5, 0.6) is 0 Å². The van der Waals surface area contributed by atoms with E-state index < -0.39 is 5.41 Å². The number of rotatable bonds is 6. The molecule has 1 heterocycles. The van der Waals surface area contributed by atoms with Crippen LogP contribution in [0.2, 0.25) is 5.02 Å². The molecule has 0 atom stereocenters. The number of carbonyl (C=O) groups is 1. The molecule has 0 aliphatic rings. The van der Waals surface area contributed by atoms with Crippen LogP contribution in [-0.4, -0.2) is 10.9 Å². The predicted octanol–water partition coefficient (Wildman–Crippen LogP) is 5.15.